The van der Waals surface area contributed by atoms with E-state index in [2.05, 4.69) is 36.5 Å². The lowest BCUT2D eigenvalue weighted by Gasteiger charge is -2.22. The van der Waals surface area contributed by atoms with Crippen LogP contribution in [0.2, 0.25) is 0 Å². The van der Waals surface area contributed by atoms with Gasteiger partial charge in [0.25, 0.3) is 0 Å². The highest BCUT2D eigenvalue weighted by Crippen LogP contribution is 2.25. The van der Waals surface area contributed by atoms with Gasteiger partial charge in [0.15, 0.2) is 0 Å². The molecule has 1 saturated heterocycles. The van der Waals surface area contributed by atoms with Crippen LogP contribution in [0.25, 0.3) is 0 Å². The first-order valence-electron chi connectivity index (χ1n) is 7.76. The van der Waals surface area contributed by atoms with Crippen LogP contribution in [0.1, 0.15) is 43.4 Å². The van der Waals surface area contributed by atoms with Crippen molar-refractivity contribution in [2.45, 2.75) is 44.8 Å². The summed E-state index contributed by atoms with van der Waals surface area (Å²) in [6.07, 6.45) is 4.89. The molecule has 0 aromatic heterocycles. The topological polar surface area (TPSA) is 30.5 Å². The molecule has 2 rings (SSSR count). The number of benzene rings is 1. The Balaban J connectivity index is 1.96. The molecule has 0 radical (unpaired) electrons. The maximum absolute atomic E-state index is 5.77. The van der Waals surface area contributed by atoms with E-state index in [1.165, 1.54) is 24.0 Å². The molecule has 1 aliphatic heterocycles. The van der Waals surface area contributed by atoms with Crippen LogP contribution < -0.4 is 5.32 Å². The van der Waals surface area contributed by atoms with Crippen molar-refractivity contribution >= 4 is 0 Å². The van der Waals surface area contributed by atoms with Crippen molar-refractivity contribution in [3.8, 4) is 0 Å². The summed E-state index contributed by atoms with van der Waals surface area (Å²) in [5.41, 5.74) is 2.70. The Morgan fingerprint density at radius 1 is 1.35 bits per heavy atom. The smallest absolute Gasteiger partial charge is 0.0594 e. The maximum Gasteiger partial charge on any atom is 0.0594 e. The quantitative estimate of drug-likeness (QED) is 0.792. The van der Waals surface area contributed by atoms with E-state index in [9.17, 15) is 0 Å². The van der Waals surface area contributed by atoms with E-state index >= 15 is 0 Å². The van der Waals surface area contributed by atoms with Crippen LogP contribution in [-0.2, 0) is 15.9 Å². The van der Waals surface area contributed by atoms with Gasteiger partial charge in [-0.3, -0.25) is 0 Å². The third-order valence-corrected chi connectivity index (χ3v) is 3.95. The molecular weight excluding hydrogens is 250 g/mol. The third kappa shape index (κ3) is 4.58. The highest BCUT2D eigenvalue weighted by atomic mass is 16.5. The minimum Gasteiger partial charge on any atom is -0.384 e. The third-order valence-electron chi connectivity index (χ3n) is 3.95. The van der Waals surface area contributed by atoms with Gasteiger partial charge in [-0.05, 0) is 43.4 Å². The summed E-state index contributed by atoms with van der Waals surface area (Å²) in [5.74, 6) is 0. The Morgan fingerprint density at radius 3 is 2.75 bits per heavy atom. The van der Waals surface area contributed by atoms with Crippen molar-refractivity contribution in [3.05, 3.63) is 35.4 Å². The molecule has 1 aromatic carbocycles. The number of rotatable bonds is 8. The minimum absolute atomic E-state index is 0.402. The minimum atomic E-state index is 0.402. The molecule has 3 nitrogen and oxygen atoms in total. The second-order valence-electron chi connectivity index (χ2n) is 5.47. The van der Waals surface area contributed by atoms with E-state index in [0.29, 0.717) is 12.1 Å². The summed E-state index contributed by atoms with van der Waals surface area (Å²) >= 11 is 0. The van der Waals surface area contributed by atoms with E-state index < -0.39 is 0 Å². The summed E-state index contributed by atoms with van der Waals surface area (Å²) in [7, 11) is 1.75. The zero-order chi connectivity index (χ0) is 14.2. The van der Waals surface area contributed by atoms with E-state index in [1.54, 1.807) is 7.11 Å². The van der Waals surface area contributed by atoms with Gasteiger partial charge in [0.05, 0.1) is 12.7 Å². The predicted molar refractivity (Wildman–Crippen MR) is 82.0 cm³/mol. The average Bonchev–Trinajstić information content (AvgIpc) is 2.98. The second kappa shape index (κ2) is 8.40. The fourth-order valence-corrected chi connectivity index (χ4v) is 2.81. The largest absolute Gasteiger partial charge is 0.384 e. The molecule has 0 amide bonds. The van der Waals surface area contributed by atoms with Gasteiger partial charge in [-0.1, -0.05) is 31.2 Å². The van der Waals surface area contributed by atoms with Crippen molar-refractivity contribution in [3.63, 3.8) is 0 Å². The van der Waals surface area contributed by atoms with Gasteiger partial charge in [-0.2, -0.15) is 0 Å². The predicted octanol–water partition coefficient (Wildman–Crippen LogP) is 3.10. The van der Waals surface area contributed by atoms with Crippen LogP contribution in [0.5, 0.6) is 0 Å². The Bertz CT molecular complexity index is 371. The Labute approximate surface area is 122 Å². The first-order valence-corrected chi connectivity index (χ1v) is 7.76. The molecule has 0 aliphatic carbocycles. The van der Waals surface area contributed by atoms with E-state index in [-0.39, 0.29) is 0 Å². The Hall–Kier alpha value is -0.900. The molecule has 0 spiro atoms. The molecule has 2 unspecified atom stereocenters. The number of hydrogen-bond donors (Lipinski definition) is 1. The summed E-state index contributed by atoms with van der Waals surface area (Å²) < 4.78 is 10.9. The lowest BCUT2D eigenvalue weighted by atomic mass is 9.97. The molecule has 3 heteroatoms. The van der Waals surface area contributed by atoms with Gasteiger partial charge in [-0.15, -0.1) is 0 Å². The fourth-order valence-electron chi connectivity index (χ4n) is 2.81. The molecule has 0 bridgehead atoms. The molecular formula is C17H27NO2. The lowest BCUT2D eigenvalue weighted by Crippen LogP contribution is -2.25. The van der Waals surface area contributed by atoms with Crippen LogP contribution in [0.3, 0.4) is 0 Å². The second-order valence-corrected chi connectivity index (χ2v) is 5.47. The fraction of sp³-hybridized carbons (Fsp3) is 0.647. The van der Waals surface area contributed by atoms with E-state index in [1.807, 2.05) is 0 Å². The molecule has 0 saturated carbocycles. The first-order chi connectivity index (χ1) is 9.83. The lowest BCUT2D eigenvalue weighted by molar-refractivity contribution is 0.0947. The SMILES string of the molecule is CCNC(CC1CCCO1)c1ccc(CCOC)cc1. The van der Waals surface area contributed by atoms with Crippen molar-refractivity contribution in [2.75, 3.05) is 26.9 Å². The van der Waals surface area contributed by atoms with Gasteiger partial charge in [0.1, 0.15) is 0 Å². The number of nitrogens with one attached hydrogen (secondary N) is 1. The van der Waals surface area contributed by atoms with Crippen LogP contribution in [0, 0.1) is 0 Å². The van der Waals surface area contributed by atoms with Crippen molar-refractivity contribution < 1.29 is 9.47 Å². The van der Waals surface area contributed by atoms with Crippen LogP contribution in [0.15, 0.2) is 24.3 Å². The zero-order valence-corrected chi connectivity index (χ0v) is 12.7. The summed E-state index contributed by atoms with van der Waals surface area (Å²) in [6, 6.07) is 9.32. The molecule has 112 valence electrons. The molecule has 1 aliphatic rings. The normalized spacial score (nSPS) is 20.2. The molecule has 1 fully saturated rings. The summed E-state index contributed by atoms with van der Waals surface area (Å²) in [4.78, 5) is 0. The Morgan fingerprint density at radius 2 is 2.15 bits per heavy atom. The van der Waals surface area contributed by atoms with Crippen LogP contribution >= 0.6 is 0 Å². The standard InChI is InChI=1S/C17H27NO2/c1-3-18-17(13-16-5-4-11-20-16)15-8-6-14(7-9-15)10-12-19-2/h6-9,16-18H,3-5,10-13H2,1-2H3. The van der Waals surface area contributed by atoms with Gasteiger partial charge in [0, 0.05) is 19.8 Å². The zero-order valence-electron chi connectivity index (χ0n) is 12.7. The molecule has 20 heavy (non-hydrogen) atoms. The van der Waals surface area contributed by atoms with E-state index in [0.717, 1.165) is 32.6 Å². The number of ether oxygens (including phenoxy) is 2. The molecule has 1 aromatic rings. The molecule has 1 heterocycles. The van der Waals surface area contributed by atoms with Gasteiger partial charge in [0.2, 0.25) is 0 Å². The highest BCUT2D eigenvalue weighted by Gasteiger charge is 2.21. The number of hydrogen-bond acceptors (Lipinski definition) is 3. The van der Waals surface area contributed by atoms with Gasteiger partial charge in [-0.25, -0.2) is 0 Å². The monoisotopic (exact) mass is 277 g/mol. The highest BCUT2D eigenvalue weighted by molar-refractivity contribution is 5.25. The van der Waals surface area contributed by atoms with Gasteiger partial charge >= 0.3 is 0 Å². The number of methoxy groups -OCH3 is 1. The molecule has 2 atom stereocenters. The maximum atomic E-state index is 5.77. The Kier molecular flexibility index (Phi) is 6.51. The van der Waals surface area contributed by atoms with Crippen molar-refractivity contribution in [2.24, 2.45) is 0 Å². The molecule has 1 N–H and O–H groups in total. The summed E-state index contributed by atoms with van der Waals surface area (Å²) in [5, 5.41) is 3.58. The van der Waals surface area contributed by atoms with Gasteiger partial charge < -0.3 is 14.8 Å². The van der Waals surface area contributed by atoms with E-state index in [4.69, 9.17) is 9.47 Å². The van der Waals surface area contributed by atoms with Crippen LogP contribution in [0.4, 0.5) is 0 Å². The first kappa shape index (κ1) is 15.5. The van der Waals surface area contributed by atoms with Crippen molar-refractivity contribution in [1.82, 2.24) is 5.32 Å². The van der Waals surface area contributed by atoms with Crippen molar-refractivity contribution in [1.29, 1.82) is 0 Å². The average molecular weight is 277 g/mol. The van der Waals surface area contributed by atoms with Crippen LogP contribution in [-0.4, -0.2) is 33.0 Å². The summed E-state index contributed by atoms with van der Waals surface area (Å²) in [6.45, 7) is 4.86.